The smallest absolute Gasteiger partial charge is 0.408 e. The number of nitrogens with zero attached hydrogens (tertiary/aromatic N) is 1. The molecule has 1 aromatic heterocycles. The van der Waals surface area contributed by atoms with Gasteiger partial charge in [-0.15, -0.1) is 0 Å². The van der Waals surface area contributed by atoms with Gasteiger partial charge in [0, 0.05) is 0 Å². The Morgan fingerprint density at radius 1 is 1.17 bits per heavy atom. The van der Waals surface area contributed by atoms with Gasteiger partial charge >= 0.3 is 18.2 Å². The zero-order chi connectivity index (χ0) is 21.4. The van der Waals surface area contributed by atoms with E-state index in [9.17, 15) is 14.4 Å². The molecule has 1 atom stereocenters. The van der Waals surface area contributed by atoms with Crippen LogP contribution in [0.5, 0.6) is 0 Å². The monoisotopic (exact) mass is 405 g/mol. The maximum Gasteiger partial charge on any atom is 0.408 e. The van der Waals surface area contributed by atoms with Gasteiger partial charge in [0.15, 0.2) is 0 Å². The minimum Gasteiger partial charge on any atom is -0.475 e. The van der Waals surface area contributed by atoms with Crippen LogP contribution >= 0.6 is 0 Å². The average Bonchev–Trinajstić information content (AvgIpc) is 3.13. The average molecular weight is 405 g/mol. The van der Waals surface area contributed by atoms with E-state index in [-0.39, 0.29) is 19.0 Å². The fraction of sp³-hybridized carbons (Fsp3) is 0.368. The number of carboxylic acids is 1. The molecule has 0 saturated carbocycles. The number of ether oxygens (including phenoxy) is 2. The van der Waals surface area contributed by atoms with Gasteiger partial charge in [-0.3, -0.25) is 0 Å². The Morgan fingerprint density at radius 3 is 2.45 bits per heavy atom. The summed E-state index contributed by atoms with van der Waals surface area (Å²) in [5, 5.41) is 13.9. The van der Waals surface area contributed by atoms with Gasteiger partial charge in [-0.2, -0.15) is 0 Å². The van der Waals surface area contributed by atoms with Crippen molar-refractivity contribution >= 4 is 18.2 Å². The summed E-state index contributed by atoms with van der Waals surface area (Å²) in [5.41, 5.74) is 0.0596. The molecule has 0 saturated heterocycles. The molecule has 0 aliphatic heterocycles. The van der Waals surface area contributed by atoms with E-state index >= 15 is 0 Å². The van der Waals surface area contributed by atoms with E-state index in [1.165, 1.54) is 0 Å². The number of alkyl carbamates (subject to hydrolysis) is 2. The van der Waals surface area contributed by atoms with Crippen LogP contribution in [0.25, 0.3) is 0 Å². The Hall–Kier alpha value is -3.56. The number of oxazole rings is 1. The largest absolute Gasteiger partial charge is 0.475 e. The normalized spacial score (nSPS) is 12.0. The van der Waals surface area contributed by atoms with E-state index in [2.05, 4.69) is 15.6 Å². The van der Waals surface area contributed by atoms with Gasteiger partial charge in [-0.05, 0) is 26.3 Å². The van der Waals surface area contributed by atoms with Crippen LogP contribution in [0.1, 0.15) is 48.8 Å². The van der Waals surface area contributed by atoms with Gasteiger partial charge in [0.1, 0.15) is 18.2 Å². The highest BCUT2D eigenvalue weighted by molar-refractivity contribution is 5.83. The maximum absolute atomic E-state index is 12.1. The van der Waals surface area contributed by atoms with Crippen molar-refractivity contribution in [3.8, 4) is 0 Å². The van der Waals surface area contributed by atoms with E-state index in [1.54, 1.807) is 32.9 Å². The van der Waals surface area contributed by atoms with Gasteiger partial charge in [0.05, 0.1) is 12.7 Å². The van der Waals surface area contributed by atoms with Crippen LogP contribution in [0, 0.1) is 0 Å². The van der Waals surface area contributed by atoms with E-state index in [0.29, 0.717) is 0 Å². The first-order valence-corrected chi connectivity index (χ1v) is 8.77. The standard InChI is InChI=1S/C19H23N3O7/c1-19(2,3)29-18(26)22-13(15-20-10-14(28-15)16(23)24)9-21-17(25)27-11-12-7-5-4-6-8-12/h4-8,10,13H,9,11H2,1-3H3,(H,21,25)(H,22,26)(H,23,24)/t13-/m0/s1. The van der Waals surface area contributed by atoms with Crippen LogP contribution in [-0.2, 0) is 16.1 Å². The number of benzene rings is 1. The lowest BCUT2D eigenvalue weighted by molar-refractivity contribution is 0.0492. The Morgan fingerprint density at radius 2 is 1.86 bits per heavy atom. The summed E-state index contributed by atoms with van der Waals surface area (Å²) in [6.45, 7) is 4.98. The minimum absolute atomic E-state index is 0.0685. The van der Waals surface area contributed by atoms with Crippen molar-refractivity contribution in [1.29, 1.82) is 0 Å². The van der Waals surface area contributed by atoms with E-state index in [4.69, 9.17) is 19.0 Å². The predicted molar refractivity (Wildman–Crippen MR) is 100 cm³/mol. The number of carboxylic acid groups (broad SMARTS) is 1. The molecule has 2 amide bonds. The number of aromatic carboxylic acids is 1. The van der Waals surface area contributed by atoms with Crippen molar-refractivity contribution in [3.05, 3.63) is 53.7 Å². The van der Waals surface area contributed by atoms with Crippen LogP contribution in [-0.4, -0.2) is 40.4 Å². The minimum atomic E-state index is -1.31. The topological polar surface area (TPSA) is 140 Å². The van der Waals surface area contributed by atoms with E-state index in [0.717, 1.165) is 11.8 Å². The molecule has 3 N–H and O–H groups in total. The van der Waals surface area contributed by atoms with Crippen molar-refractivity contribution in [3.63, 3.8) is 0 Å². The molecule has 0 radical (unpaired) electrons. The van der Waals surface area contributed by atoms with Gasteiger partial charge < -0.3 is 29.6 Å². The Balaban J connectivity index is 1.99. The first-order chi connectivity index (χ1) is 13.6. The van der Waals surface area contributed by atoms with Gasteiger partial charge in [-0.25, -0.2) is 19.4 Å². The van der Waals surface area contributed by atoms with Crippen molar-refractivity contribution in [2.75, 3.05) is 6.54 Å². The SMILES string of the molecule is CC(C)(C)OC(=O)N[C@@H](CNC(=O)OCc1ccccc1)c1ncc(C(=O)O)o1. The third-order valence-electron chi connectivity index (χ3n) is 3.39. The number of rotatable bonds is 7. The highest BCUT2D eigenvalue weighted by Crippen LogP contribution is 2.15. The molecule has 1 heterocycles. The molecular formula is C19H23N3O7. The summed E-state index contributed by atoms with van der Waals surface area (Å²) in [4.78, 5) is 38.9. The fourth-order valence-corrected chi connectivity index (χ4v) is 2.16. The second kappa shape index (κ2) is 9.58. The molecular weight excluding hydrogens is 382 g/mol. The fourth-order valence-electron chi connectivity index (χ4n) is 2.16. The quantitative estimate of drug-likeness (QED) is 0.639. The van der Waals surface area contributed by atoms with Crippen molar-refractivity contribution < 1.29 is 33.4 Å². The molecule has 2 aromatic rings. The van der Waals surface area contributed by atoms with Crippen LogP contribution in [0.4, 0.5) is 9.59 Å². The summed E-state index contributed by atoms with van der Waals surface area (Å²) in [6, 6.07) is 8.13. The number of hydrogen-bond donors (Lipinski definition) is 3. The molecule has 0 aliphatic rings. The summed E-state index contributed by atoms with van der Waals surface area (Å²) in [5.74, 6) is -1.81. The molecule has 156 valence electrons. The second-order valence-corrected chi connectivity index (χ2v) is 7.01. The number of amides is 2. The Labute approximate surface area is 167 Å². The van der Waals surface area contributed by atoms with Crippen molar-refractivity contribution in [2.24, 2.45) is 0 Å². The first-order valence-electron chi connectivity index (χ1n) is 8.77. The summed E-state index contributed by atoms with van der Waals surface area (Å²) >= 11 is 0. The Bertz CT molecular complexity index is 843. The molecule has 2 rings (SSSR count). The number of aromatic nitrogens is 1. The van der Waals surface area contributed by atoms with Gasteiger partial charge in [0.2, 0.25) is 11.7 Å². The number of hydrogen-bond acceptors (Lipinski definition) is 7. The lowest BCUT2D eigenvalue weighted by Crippen LogP contribution is -2.40. The third kappa shape index (κ3) is 7.53. The van der Waals surface area contributed by atoms with Crippen molar-refractivity contribution in [1.82, 2.24) is 15.6 Å². The molecule has 10 nitrogen and oxygen atoms in total. The maximum atomic E-state index is 12.1. The number of carbonyl (C=O) groups excluding carboxylic acids is 2. The number of nitrogens with one attached hydrogen (secondary N) is 2. The molecule has 0 aliphatic carbocycles. The summed E-state index contributed by atoms with van der Waals surface area (Å²) in [6.07, 6.45) is -0.498. The molecule has 1 aromatic carbocycles. The highest BCUT2D eigenvalue weighted by atomic mass is 16.6. The number of carbonyl (C=O) groups is 3. The van der Waals surface area contributed by atoms with Gasteiger partial charge in [0.25, 0.3) is 0 Å². The van der Waals surface area contributed by atoms with Crippen LogP contribution in [0.3, 0.4) is 0 Å². The molecule has 29 heavy (non-hydrogen) atoms. The molecule has 0 bridgehead atoms. The lowest BCUT2D eigenvalue weighted by Gasteiger charge is -2.22. The second-order valence-electron chi connectivity index (χ2n) is 7.01. The molecule has 0 fully saturated rings. The molecule has 0 spiro atoms. The van der Waals surface area contributed by atoms with Gasteiger partial charge in [-0.1, -0.05) is 30.3 Å². The zero-order valence-electron chi connectivity index (χ0n) is 16.3. The molecule has 0 unspecified atom stereocenters. The predicted octanol–water partition coefficient (Wildman–Crippen LogP) is 2.87. The molecule has 10 heteroatoms. The zero-order valence-corrected chi connectivity index (χ0v) is 16.3. The third-order valence-corrected chi connectivity index (χ3v) is 3.39. The van der Waals surface area contributed by atoms with Crippen LogP contribution in [0.15, 0.2) is 40.9 Å². The Kier molecular flexibility index (Phi) is 7.18. The summed E-state index contributed by atoms with van der Waals surface area (Å²) < 4.78 is 15.4. The highest BCUT2D eigenvalue weighted by Gasteiger charge is 2.25. The lowest BCUT2D eigenvalue weighted by atomic mass is 10.2. The van der Waals surface area contributed by atoms with E-state index < -0.39 is 35.6 Å². The van der Waals surface area contributed by atoms with E-state index in [1.807, 2.05) is 18.2 Å². The first kappa shape index (κ1) is 21.7. The summed E-state index contributed by atoms with van der Waals surface area (Å²) in [7, 11) is 0. The van der Waals surface area contributed by atoms with Crippen LogP contribution < -0.4 is 10.6 Å². The van der Waals surface area contributed by atoms with Crippen molar-refractivity contribution in [2.45, 2.75) is 39.0 Å². The van der Waals surface area contributed by atoms with Crippen LogP contribution in [0.2, 0.25) is 0 Å².